The number of carbonyl (C=O) groups excluding carboxylic acids is 3. The highest BCUT2D eigenvalue weighted by atomic mass is 32.2. The van der Waals surface area contributed by atoms with E-state index in [1.807, 2.05) is 0 Å². The summed E-state index contributed by atoms with van der Waals surface area (Å²) in [6.07, 6.45) is -0.113. The number of primary sulfonamides is 1. The maximum Gasteiger partial charge on any atom is 0.308 e. The Hall–Kier alpha value is -3.22. The second kappa shape index (κ2) is 10.1. The van der Waals surface area contributed by atoms with Crippen molar-refractivity contribution in [1.82, 2.24) is 4.90 Å². The smallest absolute Gasteiger partial charge is 0.308 e. The number of ether oxygens (including phenoxy) is 1. The molecule has 1 heterocycles. The molecular formula is C21H22N4O6S2. The molecule has 0 spiro atoms. The molecule has 33 heavy (non-hydrogen) atoms. The summed E-state index contributed by atoms with van der Waals surface area (Å²) in [5, 5.41) is 7.49. The fourth-order valence-electron chi connectivity index (χ4n) is 3.02. The van der Waals surface area contributed by atoms with Gasteiger partial charge in [-0.15, -0.1) is 0 Å². The van der Waals surface area contributed by atoms with E-state index in [1.54, 1.807) is 31.2 Å². The van der Waals surface area contributed by atoms with Gasteiger partial charge in [0.2, 0.25) is 21.8 Å². The molecule has 10 nitrogen and oxygen atoms in total. The molecular weight excluding hydrogens is 468 g/mol. The summed E-state index contributed by atoms with van der Waals surface area (Å²) in [4.78, 5) is 42.5. The number of amidine groups is 1. The van der Waals surface area contributed by atoms with Crippen LogP contribution in [0.25, 0.3) is 0 Å². The number of nitrogens with two attached hydrogens (primary N) is 1. The molecule has 0 radical (unpaired) electrons. The quantitative estimate of drug-likeness (QED) is 0.447. The van der Waals surface area contributed by atoms with Crippen molar-refractivity contribution in [3.63, 3.8) is 0 Å². The van der Waals surface area contributed by atoms with Gasteiger partial charge in [0.25, 0.3) is 0 Å². The number of carbonyl (C=O) groups is 3. The van der Waals surface area contributed by atoms with Crippen molar-refractivity contribution in [2.75, 3.05) is 11.9 Å². The van der Waals surface area contributed by atoms with Crippen molar-refractivity contribution < 1.29 is 27.5 Å². The zero-order valence-corrected chi connectivity index (χ0v) is 19.5. The summed E-state index contributed by atoms with van der Waals surface area (Å²) in [5.74, 6) is -0.986. The van der Waals surface area contributed by atoms with Crippen LogP contribution in [0.2, 0.25) is 0 Å². The molecule has 0 aromatic heterocycles. The van der Waals surface area contributed by atoms with Gasteiger partial charge >= 0.3 is 5.97 Å². The summed E-state index contributed by atoms with van der Waals surface area (Å²) in [7, 11) is -3.82. The molecule has 3 N–H and O–H groups in total. The van der Waals surface area contributed by atoms with Gasteiger partial charge in [-0.3, -0.25) is 19.3 Å². The largest absolute Gasteiger partial charge is 0.424 e. The zero-order chi connectivity index (χ0) is 24.2. The van der Waals surface area contributed by atoms with Crippen LogP contribution in [0.4, 0.5) is 11.4 Å². The first-order chi connectivity index (χ1) is 15.6. The van der Waals surface area contributed by atoms with Gasteiger partial charge in [0, 0.05) is 19.9 Å². The Morgan fingerprint density at radius 3 is 2.45 bits per heavy atom. The zero-order valence-electron chi connectivity index (χ0n) is 17.8. The Morgan fingerprint density at radius 2 is 1.85 bits per heavy atom. The minimum absolute atomic E-state index is 0.0440. The van der Waals surface area contributed by atoms with E-state index in [0.717, 1.165) is 11.8 Å². The van der Waals surface area contributed by atoms with E-state index < -0.39 is 27.1 Å². The molecule has 1 aliphatic heterocycles. The van der Waals surface area contributed by atoms with Gasteiger partial charge in [-0.2, -0.15) is 0 Å². The Morgan fingerprint density at radius 1 is 1.18 bits per heavy atom. The number of anilines is 1. The topological polar surface area (TPSA) is 148 Å². The molecule has 0 bridgehead atoms. The summed E-state index contributed by atoms with van der Waals surface area (Å²) in [6.45, 7) is 3.40. The van der Waals surface area contributed by atoms with Gasteiger partial charge in [0.15, 0.2) is 10.9 Å². The van der Waals surface area contributed by atoms with E-state index in [2.05, 4.69) is 10.3 Å². The van der Waals surface area contributed by atoms with Crippen LogP contribution in [0, 0.1) is 0 Å². The third kappa shape index (κ3) is 6.18. The summed E-state index contributed by atoms with van der Waals surface area (Å²) >= 11 is 1.15. The molecule has 1 atom stereocenters. The number of para-hydroxylation sites is 2. The Bertz CT molecular complexity index is 1210. The van der Waals surface area contributed by atoms with E-state index in [4.69, 9.17) is 9.88 Å². The first kappa shape index (κ1) is 24.4. The average Bonchev–Trinajstić information content (AvgIpc) is 3.02. The molecule has 0 saturated carbocycles. The fraction of sp³-hybridized carbons (Fsp3) is 0.238. The van der Waals surface area contributed by atoms with Crippen LogP contribution >= 0.6 is 11.8 Å². The van der Waals surface area contributed by atoms with Crippen molar-refractivity contribution in [2.45, 2.75) is 30.4 Å². The van der Waals surface area contributed by atoms with Crippen LogP contribution in [0.5, 0.6) is 5.75 Å². The van der Waals surface area contributed by atoms with Gasteiger partial charge in [0.1, 0.15) is 5.25 Å². The van der Waals surface area contributed by atoms with Crippen molar-refractivity contribution in [3.05, 3.63) is 48.5 Å². The first-order valence-electron chi connectivity index (χ1n) is 9.85. The molecule has 2 amide bonds. The number of sulfonamides is 1. The second-order valence-corrected chi connectivity index (χ2v) is 9.70. The number of nitrogens with zero attached hydrogens (tertiary/aromatic N) is 2. The monoisotopic (exact) mass is 490 g/mol. The number of esters is 1. The van der Waals surface area contributed by atoms with Crippen LogP contribution < -0.4 is 15.2 Å². The lowest BCUT2D eigenvalue weighted by atomic mass is 10.2. The number of nitrogens with one attached hydrogen (secondary N) is 1. The van der Waals surface area contributed by atoms with E-state index >= 15 is 0 Å². The Kier molecular flexibility index (Phi) is 7.51. The molecule has 3 rings (SSSR count). The van der Waals surface area contributed by atoms with Gasteiger partial charge in [0.05, 0.1) is 16.3 Å². The average molecular weight is 491 g/mol. The lowest BCUT2D eigenvalue weighted by Gasteiger charge is -2.13. The van der Waals surface area contributed by atoms with Crippen LogP contribution in [-0.2, 0) is 24.4 Å². The molecule has 1 aliphatic rings. The Labute approximate surface area is 195 Å². The predicted molar refractivity (Wildman–Crippen MR) is 125 cm³/mol. The van der Waals surface area contributed by atoms with Crippen LogP contribution in [0.1, 0.15) is 20.3 Å². The first-order valence-corrected chi connectivity index (χ1v) is 12.3. The minimum atomic E-state index is -3.82. The van der Waals surface area contributed by atoms with Gasteiger partial charge in [-0.05, 0) is 43.3 Å². The number of thioether (sulfide) groups is 1. The maximum absolute atomic E-state index is 12.8. The Balaban J connectivity index is 1.73. The third-order valence-electron chi connectivity index (χ3n) is 4.51. The van der Waals surface area contributed by atoms with Crippen molar-refractivity contribution in [2.24, 2.45) is 10.1 Å². The number of benzene rings is 2. The van der Waals surface area contributed by atoms with E-state index in [0.29, 0.717) is 23.1 Å². The van der Waals surface area contributed by atoms with Gasteiger partial charge in [-0.25, -0.2) is 18.5 Å². The number of hydrogen-bond donors (Lipinski definition) is 2. The van der Waals surface area contributed by atoms with E-state index in [-0.39, 0.29) is 23.0 Å². The molecule has 174 valence electrons. The lowest BCUT2D eigenvalue weighted by molar-refractivity contribution is -0.132. The number of hydrogen-bond acceptors (Lipinski definition) is 8. The highest BCUT2D eigenvalue weighted by molar-refractivity contribution is 8.15. The molecule has 12 heteroatoms. The molecule has 2 aromatic rings. The second-order valence-electron chi connectivity index (χ2n) is 6.96. The number of rotatable bonds is 7. The normalized spacial score (nSPS) is 17.3. The van der Waals surface area contributed by atoms with Gasteiger partial charge in [-0.1, -0.05) is 23.9 Å². The third-order valence-corrected chi connectivity index (χ3v) is 6.62. The molecule has 0 aliphatic carbocycles. The summed E-state index contributed by atoms with van der Waals surface area (Å²) < 4.78 is 27.9. The van der Waals surface area contributed by atoms with Crippen molar-refractivity contribution in [3.8, 4) is 5.75 Å². The summed E-state index contributed by atoms with van der Waals surface area (Å²) in [6, 6.07) is 12.1. The van der Waals surface area contributed by atoms with Crippen LogP contribution in [0.15, 0.2) is 58.4 Å². The molecule has 1 fully saturated rings. The lowest BCUT2D eigenvalue weighted by Crippen LogP contribution is -2.33. The van der Waals surface area contributed by atoms with E-state index in [9.17, 15) is 22.8 Å². The molecule has 1 saturated heterocycles. The highest BCUT2D eigenvalue weighted by Gasteiger charge is 2.38. The maximum atomic E-state index is 12.8. The summed E-state index contributed by atoms with van der Waals surface area (Å²) in [5.41, 5.74) is 0.765. The fourth-order valence-corrected chi connectivity index (χ4v) is 4.76. The van der Waals surface area contributed by atoms with Crippen LogP contribution in [-0.4, -0.2) is 48.1 Å². The number of amides is 2. The minimum Gasteiger partial charge on any atom is -0.424 e. The van der Waals surface area contributed by atoms with Crippen LogP contribution in [0.3, 0.4) is 0 Å². The van der Waals surface area contributed by atoms with Crippen molar-refractivity contribution >= 4 is 56.1 Å². The highest BCUT2D eigenvalue weighted by Crippen LogP contribution is 2.32. The van der Waals surface area contributed by atoms with Crippen molar-refractivity contribution in [1.29, 1.82) is 0 Å². The van der Waals surface area contributed by atoms with E-state index in [1.165, 1.54) is 36.1 Å². The SMILES string of the molecule is CCN1C(=O)C(CC(=O)Nc2ccccc2OC(C)=O)SC1=Nc1ccc(S(N)(=O)=O)cc1. The standard InChI is InChI=1S/C21H22N4O6S2/c1-3-25-20(28)18(12-19(27)24-16-6-4-5-7-17(16)31-13(2)26)32-21(25)23-14-8-10-15(11-9-14)33(22,29)30/h4-11,18H,3,12H2,1-2H3,(H,24,27)(H2,22,29,30). The molecule has 1 unspecified atom stereocenters. The molecule has 2 aromatic carbocycles. The number of aliphatic imine (C=N–C) groups is 1. The van der Waals surface area contributed by atoms with Gasteiger partial charge < -0.3 is 10.1 Å². The predicted octanol–water partition coefficient (Wildman–Crippen LogP) is 2.24.